The molecule has 0 unspecified atom stereocenters. The van der Waals surface area contributed by atoms with Gasteiger partial charge in [0, 0.05) is 11.6 Å². The van der Waals surface area contributed by atoms with E-state index in [1.54, 1.807) is 42.5 Å². The Morgan fingerprint density at radius 2 is 1.23 bits per heavy atom. The van der Waals surface area contributed by atoms with Crippen molar-refractivity contribution in [2.45, 2.75) is 71.1 Å². The third-order valence-electron chi connectivity index (χ3n) is 9.68. The number of hydrogen-bond acceptors (Lipinski definition) is 8. The number of benzene rings is 3. The summed E-state index contributed by atoms with van der Waals surface area (Å²) < 4.78 is 52.6. The SMILES string of the molecule is C=C(CO)C(=O)OCCOc1cc(OCCOC(=O)C(=C)CO)cc(-c2ccc(-c3ccc(CCC4CCC(CCCCC)CC4)c(F)c3)c(F)c2)c1. The summed E-state index contributed by atoms with van der Waals surface area (Å²) in [6.07, 6.45) is 11.8. The molecule has 0 aromatic heterocycles. The van der Waals surface area contributed by atoms with E-state index < -0.39 is 31.0 Å². The van der Waals surface area contributed by atoms with Crippen molar-refractivity contribution in [1.82, 2.24) is 0 Å². The zero-order valence-electron chi connectivity index (χ0n) is 30.7. The predicted molar refractivity (Wildman–Crippen MR) is 201 cm³/mol. The number of unbranched alkanes of at least 4 members (excludes halogenated alkanes) is 2. The molecular weight excluding hydrogens is 682 g/mol. The highest BCUT2D eigenvalue weighted by Crippen LogP contribution is 2.36. The topological polar surface area (TPSA) is 112 Å². The molecule has 53 heavy (non-hydrogen) atoms. The van der Waals surface area contributed by atoms with Crippen molar-refractivity contribution in [3.8, 4) is 33.8 Å². The number of aliphatic hydroxyl groups excluding tert-OH is 2. The van der Waals surface area contributed by atoms with E-state index in [1.165, 1.54) is 63.5 Å². The van der Waals surface area contributed by atoms with Crippen LogP contribution in [0.3, 0.4) is 0 Å². The van der Waals surface area contributed by atoms with Gasteiger partial charge in [-0.25, -0.2) is 18.4 Å². The lowest BCUT2D eigenvalue weighted by atomic mass is 9.77. The molecule has 0 aliphatic heterocycles. The highest BCUT2D eigenvalue weighted by Gasteiger charge is 2.21. The molecule has 1 aliphatic carbocycles. The first-order valence-electron chi connectivity index (χ1n) is 18.5. The monoisotopic (exact) mass is 734 g/mol. The molecule has 0 radical (unpaired) electrons. The van der Waals surface area contributed by atoms with Crippen LogP contribution in [0, 0.1) is 23.5 Å². The number of rotatable bonds is 21. The van der Waals surface area contributed by atoms with Crippen LogP contribution in [0.15, 0.2) is 78.9 Å². The van der Waals surface area contributed by atoms with Crippen LogP contribution in [0.25, 0.3) is 22.3 Å². The van der Waals surface area contributed by atoms with Gasteiger partial charge in [-0.2, -0.15) is 0 Å². The molecule has 1 fully saturated rings. The standard InChI is InChI=1S/C43H52F2O8/c1-4-5-6-7-31-8-10-32(11-9-31)12-13-33-14-15-35(25-40(33)44)39-17-16-34(24-41(39)45)36-22-37(50-18-20-52-42(48)29(2)27-46)26-38(23-36)51-19-21-53-43(49)30(3)28-47/h14-17,22-26,31-32,46-47H,2-13,18-21,27-28H2,1H3. The molecule has 4 rings (SSSR count). The second-order valence-electron chi connectivity index (χ2n) is 13.6. The summed E-state index contributed by atoms with van der Waals surface area (Å²) >= 11 is 0. The third kappa shape index (κ3) is 12.8. The minimum absolute atomic E-state index is 0.0384. The average Bonchev–Trinajstić information content (AvgIpc) is 3.17. The van der Waals surface area contributed by atoms with Gasteiger partial charge in [0.2, 0.25) is 0 Å². The van der Waals surface area contributed by atoms with Gasteiger partial charge in [-0.05, 0) is 71.2 Å². The molecule has 3 aromatic rings. The van der Waals surface area contributed by atoms with Crippen LogP contribution in [0.4, 0.5) is 8.78 Å². The molecule has 2 N–H and O–H groups in total. The summed E-state index contributed by atoms with van der Waals surface area (Å²) in [6.45, 7) is 7.71. The summed E-state index contributed by atoms with van der Waals surface area (Å²) in [6, 6.07) is 14.5. The van der Waals surface area contributed by atoms with Crippen molar-refractivity contribution in [1.29, 1.82) is 0 Å². The maximum absolute atomic E-state index is 15.7. The van der Waals surface area contributed by atoms with Crippen LogP contribution in [-0.2, 0) is 25.5 Å². The van der Waals surface area contributed by atoms with Crippen molar-refractivity contribution in [2.75, 3.05) is 39.6 Å². The second-order valence-corrected chi connectivity index (χ2v) is 13.6. The smallest absolute Gasteiger partial charge is 0.335 e. The lowest BCUT2D eigenvalue weighted by molar-refractivity contribution is -0.141. The van der Waals surface area contributed by atoms with Crippen molar-refractivity contribution in [3.63, 3.8) is 0 Å². The number of hydrogen-bond donors (Lipinski definition) is 2. The lowest BCUT2D eigenvalue weighted by Gasteiger charge is -2.28. The largest absolute Gasteiger partial charge is 0.490 e. The summed E-state index contributed by atoms with van der Waals surface area (Å²) in [7, 11) is 0. The fourth-order valence-corrected chi connectivity index (χ4v) is 6.52. The molecule has 0 heterocycles. The summed E-state index contributed by atoms with van der Waals surface area (Å²) in [5.41, 5.74) is 2.22. The van der Waals surface area contributed by atoms with Crippen LogP contribution in [-0.4, -0.2) is 61.8 Å². The third-order valence-corrected chi connectivity index (χ3v) is 9.68. The van der Waals surface area contributed by atoms with Gasteiger partial charge in [-0.3, -0.25) is 0 Å². The quantitative estimate of drug-likeness (QED) is 0.0637. The molecule has 3 aromatic carbocycles. The Bertz CT molecular complexity index is 1640. The van der Waals surface area contributed by atoms with Crippen molar-refractivity contribution in [3.05, 3.63) is 96.1 Å². The maximum atomic E-state index is 15.7. The minimum atomic E-state index is -0.747. The molecule has 0 spiro atoms. The van der Waals surface area contributed by atoms with Crippen LogP contribution in [0.5, 0.6) is 11.5 Å². The van der Waals surface area contributed by atoms with Gasteiger partial charge in [-0.15, -0.1) is 0 Å². The van der Waals surface area contributed by atoms with E-state index in [2.05, 4.69) is 20.1 Å². The van der Waals surface area contributed by atoms with E-state index in [-0.39, 0.29) is 49.0 Å². The van der Waals surface area contributed by atoms with E-state index in [9.17, 15) is 9.59 Å². The maximum Gasteiger partial charge on any atom is 0.335 e. The first kappa shape index (κ1) is 41.2. The number of ether oxygens (including phenoxy) is 4. The molecule has 0 atom stereocenters. The molecule has 286 valence electrons. The predicted octanol–water partition coefficient (Wildman–Crippen LogP) is 8.56. The van der Waals surface area contributed by atoms with Crippen LogP contribution in [0.2, 0.25) is 0 Å². The van der Waals surface area contributed by atoms with Gasteiger partial charge in [0.1, 0.15) is 49.6 Å². The number of carbonyl (C=O) groups excluding carboxylic acids is 2. The van der Waals surface area contributed by atoms with Gasteiger partial charge < -0.3 is 29.2 Å². The van der Waals surface area contributed by atoms with Gasteiger partial charge in [0.25, 0.3) is 0 Å². The summed E-state index contributed by atoms with van der Waals surface area (Å²) in [4.78, 5) is 23.6. The fraction of sp³-hybridized carbons (Fsp3) is 0.442. The molecular formula is C43H52F2O8. The summed E-state index contributed by atoms with van der Waals surface area (Å²) in [5.74, 6) is -0.250. The lowest BCUT2D eigenvalue weighted by Crippen LogP contribution is -2.15. The van der Waals surface area contributed by atoms with Gasteiger partial charge in [-0.1, -0.05) is 95.7 Å². The number of carbonyl (C=O) groups is 2. The number of aryl methyl sites for hydroxylation is 1. The Morgan fingerprint density at radius 3 is 1.75 bits per heavy atom. The fourth-order valence-electron chi connectivity index (χ4n) is 6.52. The van der Waals surface area contributed by atoms with E-state index in [1.807, 2.05) is 0 Å². The van der Waals surface area contributed by atoms with Crippen molar-refractivity contribution in [2.24, 2.45) is 11.8 Å². The van der Waals surface area contributed by atoms with E-state index in [0.717, 1.165) is 12.3 Å². The first-order valence-corrected chi connectivity index (χ1v) is 18.5. The molecule has 8 nitrogen and oxygen atoms in total. The second kappa shape index (κ2) is 21.2. The Kier molecular flexibility index (Phi) is 16.5. The molecule has 10 heteroatoms. The van der Waals surface area contributed by atoms with E-state index in [0.29, 0.717) is 46.1 Å². The normalized spacial score (nSPS) is 15.4. The summed E-state index contributed by atoms with van der Waals surface area (Å²) in [5, 5.41) is 18.1. The van der Waals surface area contributed by atoms with Gasteiger partial charge >= 0.3 is 11.9 Å². The molecule has 0 saturated heterocycles. The number of esters is 2. The Morgan fingerprint density at radius 1 is 0.679 bits per heavy atom. The van der Waals surface area contributed by atoms with Crippen LogP contribution >= 0.6 is 0 Å². The van der Waals surface area contributed by atoms with Crippen LogP contribution < -0.4 is 9.47 Å². The van der Waals surface area contributed by atoms with Gasteiger partial charge in [0.15, 0.2) is 0 Å². The Balaban J connectivity index is 1.42. The van der Waals surface area contributed by atoms with Crippen molar-refractivity contribution < 1.29 is 47.5 Å². The first-order chi connectivity index (χ1) is 25.6. The van der Waals surface area contributed by atoms with E-state index >= 15 is 8.78 Å². The molecule has 1 saturated carbocycles. The Labute approximate surface area is 311 Å². The van der Waals surface area contributed by atoms with Crippen LogP contribution in [0.1, 0.15) is 70.3 Å². The zero-order valence-corrected chi connectivity index (χ0v) is 30.7. The van der Waals surface area contributed by atoms with E-state index in [4.69, 9.17) is 29.2 Å². The van der Waals surface area contributed by atoms with Crippen molar-refractivity contribution >= 4 is 11.9 Å². The highest BCUT2D eigenvalue weighted by molar-refractivity contribution is 5.88. The highest BCUT2D eigenvalue weighted by atomic mass is 19.1. The van der Waals surface area contributed by atoms with Gasteiger partial charge in [0.05, 0.1) is 24.4 Å². The average molecular weight is 735 g/mol. The zero-order chi connectivity index (χ0) is 38.2. The molecule has 0 bridgehead atoms. The molecule has 0 amide bonds. The number of aliphatic hydroxyl groups is 2. The minimum Gasteiger partial charge on any atom is -0.490 e. The Hall–Kier alpha value is -4.54. The number of halogens is 2. The molecule has 1 aliphatic rings.